The lowest BCUT2D eigenvalue weighted by atomic mass is 11.5. The lowest BCUT2D eigenvalue weighted by Crippen LogP contribution is -1.68. The second-order valence-corrected chi connectivity index (χ2v) is 0.332. The van der Waals surface area contributed by atoms with Crippen molar-refractivity contribution in [1.29, 1.82) is 0 Å². The van der Waals surface area contributed by atoms with Crippen LogP contribution in [0.2, 0.25) is 0 Å². The summed E-state index contributed by atoms with van der Waals surface area (Å²) in [7, 11) is 1.31. The fourth-order valence-corrected chi connectivity index (χ4v) is 0. The number of carbonyl (C=O) groups is 1. The fourth-order valence-electron chi connectivity index (χ4n) is 0. The summed E-state index contributed by atoms with van der Waals surface area (Å²) in [6.45, 7) is 0.375. The third-order valence-corrected chi connectivity index (χ3v) is 0.0962. The van der Waals surface area contributed by atoms with E-state index >= 15 is 0 Å². The molecule has 0 aromatic heterocycles. The van der Waals surface area contributed by atoms with Crippen LogP contribution in [0.15, 0.2) is 0 Å². The van der Waals surface area contributed by atoms with Gasteiger partial charge in [-0.1, -0.05) is 0 Å². The summed E-state index contributed by atoms with van der Waals surface area (Å²) >= 11 is 0. The number of carbonyl (C=O) groups excluding carboxylic acids is 1. The summed E-state index contributed by atoms with van der Waals surface area (Å²) in [5, 5.41) is 0. The first-order valence-electron chi connectivity index (χ1n) is 0.880. The molecule has 0 amide bonds. The summed E-state index contributed by atoms with van der Waals surface area (Å²) in [5.74, 6) is 0. The van der Waals surface area contributed by atoms with Crippen LogP contribution in [-0.2, 0) is 15.0 Å². The molecule has 0 rings (SSSR count). The van der Waals surface area contributed by atoms with Crippen LogP contribution < -0.4 is 0 Å². The highest BCUT2D eigenvalue weighted by molar-refractivity contribution is 5.36. The second kappa shape index (κ2) is 9.90. The van der Waals surface area contributed by atoms with Gasteiger partial charge in [0.05, 0.1) is 7.11 Å². The van der Waals surface area contributed by atoms with Crippen LogP contribution in [0.4, 0.5) is 0 Å². The van der Waals surface area contributed by atoms with Gasteiger partial charge >= 0.3 is 0 Å². The minimum absolute atomic E-state index is 0. The molecule has 0 aliphatic carbocycles. The van der Waals surface area contributed by atoms with Gasteiger partial charge in [0.2, 0.25) is 0 Å². The predicted octanol–water partition coefficient (Wildman–Crippen LogP) is -0.330. The normalized spacial score (nSPS) is 4.20. The van der Waals surface area contributed by atoms with Crippen molar-refractivity contribution < 1.29 is 15.0 Å². The Labute approximate surface area is 29.9 Å². The highest BCUT2D eigenvalue weighted by Gasteiger charge is 1.44. The largest absolute Gasteiger partial charge is 0.471 e. The summed E-state index contributed by atoms with van der Waals surface area (Å²) < 4.78 is 3.86. The van der Waals surface area contributed by atoms with E-state index < -0.39 is 0 Å². The molecule has 0 aliphatic rings. The van der Waals surface area contributed by atoms with Crippen molar-refractivity contribution in [3.05, 3.63) is 0 Å². The fraction of sp³-hybridized carbons (Fsp3) is 0.500. The Bertz CT molecular complexity index is 18.9. The lowest BCUT2D eigenvalue weighted by molar-refractivity contribution is -0.126. The highest BCUT2D eigenvalue weighted by Crippen LogP contribution is 1.35. The van der Waals surface area contributed by atoms with Crippen molar-refractivity contribution in [3.8, 4) is 0 Å². The van der Waals surface area contributed by atoms with Crippen LogP contribution in [0.5, 0.6) is 0 Å². The molecule has 0 aliphatic heterocycles. The van der Waals surface area contributed by atoms with Crippen molar-refractivity contribution in [3.63, 3.8) is 0 Å². The van der Waals surface area contributed by atoms with Crippen molar-refractivity contribution >= 4 is 6.47 Å². The van der Waals surface area contributed by atoms with Gasteiger partial charge in [0.15, 0.2) is 0 Å². The molecule has 3 nitrogen and oxygen atoms in total. The van der Waals surface area contributed by atoms with E-state index in [0.717, 1.165) is 0 Å². The van der Waals surface area contributed by atoms with Gasteiger partial charge in [0.1, 0.15) is 0 Å². The zero-order chi connectivity index (χ0) is 3.41. The molecule has 0 saturated heterocycles. The average molecular weight is 76.1 g/mol. The van der Waals surface area contributed by atoms with Gasteiger partial charge in [0, 0.05) is 5.48 Å². The quantitative estimate of drug-likeness (QED) is 0.401. The van der Waals surface area contributed by atoms with Crippen molar-refractivity contribution in [2.45, 2.75) is 0 Å². The first-order chi connectivity index (χ1) is 1.91. The van der Waals surface area contributed by atoms with Crippen LogP contribution in [0.3, 0.4) is 0 Å². The first-order valence-corrected chi connectivity index (χ1v) is 0.880. The third kappa shape index (κ3) is 37.9. The van der Waals surface area contributed by atoms with Crippen molar-refractivity contribution in [1.82, 2.24) is 0 Å². The zero-order valence-electron chi connectivity index (χ0n) is 2.80. The van der Waals surface area contributed by atoms with Gasteiger partial charge in [-0.3, -0.25) is 4.79 Å². The molecule has 0 atom stereocenters. The molecule has 30 valence electrons. The minimum Gasteiger partial charge on any atom is -0.471 e. The second-order valence-electron chi connectivity index (χ2n) is 0.332. The van der Waals surface area contributed by atoms with Gasteiger partial charge in [-0.25, -0.2) is 0 Å². The maximum absolute atomic E-state index is 8.95. The number of methoxy groups -OCH3 is 1. The number of hydrogen-bond donors (Lipinski definition) is 0. The predicted molar refractivity (Wildman–Crippen MR) is 13.8 cm³/mol. The zero-order valence-corrected chi connectivity index (χ0v) is 2.80. The summed E-state index contributed by atoms with van der Waals surface area (Å²) in [6, 6.07) is 0. The number of rotatable bonds is 1. The van der Waals surface area contributed by atoms with Crippen molar-refractivity contribution in [2.75, 3.05) is 7.11 Å². The van der Waals surface area contributed by atoms with E-state index in [9.17, 15) is 0 Å². The molecule has 0 saturated carbocycles. The van der Waals surface area contributed by atoms with Gasteiger partial charge in [-0.2, -0.15) is 0 Å². The molecule has 3 heteroatoms. The molecule has 0 N–H and O–H groups in total. The Morgan fingerprint density at radius 2 is 2.00 bits per heavy atom. The Balaban J connectivity index is 0. The molecule has 0 heterocycles. The number of hydrogen-bond acceptors (Lipinski definition) is 2. The summed E-state index contributed by atoms with van der Waals surface area (Å²) in [4.78, 5) is 8.95. The van der Waals surface area contributed by atoms with E-state index in [-0.39, 0.29) is 5.48 Å². The van der Waals surface area contributed by atoms with Gasteiger partial charge in [-0.05, 0) is 0 Å². The van der Waals surface area contributed by atoms with Crippen LogP contribution in [-0.4, -0.2) is 13.6 Å². The molecule has 0 bridgehead atoms. The number of ether oxygens (including phenoxy) is 1. The standard InChI is InChI=1S/C2H4O2.O/c1-4-2-3;/h2H,1H3;. The molecular formula is C2H4O3. The van der Waals surface area contributed by atoms with E-state index in [1.54, 1.807) is 0 Å². The molecule has 0 aromatic rings. The van der Waals surface area contributed by atoms with Crippen LogP contribution in [0, 0.1) is 0 Å². The third-order valence-electron chi connectivity index (χ3n) is 0.0962. The maximum atomic E-state index is 8.95. The maximum Gasteiger partial charge on any atom is 0.292 e. The molecular weight excluding hydrogens is 72.0 g/mol. The Morgan fingerprint density at radius 3 is 2.00 bits per heavy atom. The monoisotopic (exact) mass is 76.0 g/mol. The van der Waals surface area contributed by atoms with E-state index in [4.69, 9.17) is 4.79 Å². The lowest BCUT2D eigenvalue weighted by Gasteiger charge is -1.67. The van der Waals surface area contributed by atoms with Gasteiger partial charge in [-0.15, -0.1) is 0 Å². The average Bonchev–Trinajstić information content (AvgIpc) is 1.37. The SMILES string of the molecule is COC=O.[O]. The van der Waals surface area contributed by atoms with Crippen LogP contribution in [0.1, 0.15) is 0 Å². The molecule has 0 spiro atoms. The van der Waals surface area contributed by atoms with Crippen molar-refractivity contribution in [2.24, 2.45) is 0 Å². The smallest absolute Gasteiger partial charge is 0.292 e. The Morgan fingerprint density at radius 1 is 1.80 bits per heavy atom. The van der Waals surface area contributed by atoms with Crippen LogP contribution >= 0.6 is 0 Å². The minimum atomic E-state index is 0. The summed E-state index contributed by atoms with van der Waals surface area (Å²) in [6.07, 6.45) is 0. The topological polar surface area (TPSA) is 54.8 Å². The van der Waals surface area contributed by atoms with Gasteiger partial charge < -0.3 is 4.74 Å². The highest BCUT2D eigenvalue weighted by atomic mass is 16.5. The molecule has 5 heavy (non-hydrogen) atoms. The summed E-state index contributed by atoms with van der Waals surface area (Å²) in [5.41, 5.74) is 0. The van der Waals surface area contributed by atoms with E-state index in [1.165, 1.54) is 7.11 Å². The van der Waals surface area contributed by atoms with E-state index in [2.05, 4.69) is 4.74 Å². The molecule has 0 fully saturated rings. The van der Waals surface area contributed by atoms with Gasteiger partial charge in [0.25, 0.3) is 6.47 Å². The molecule has 0 aromatic carbocycles. The molecule has 2 radical (unpaired) electrons. The van der Waals surface area contributed by atoms with Crippen LogP contribution in [0.25, 0.3) is 0 Å². The molecule has 0 unspecified atom stereocenters. The Kier molecular flexibility index (Phi) is 17.5. The van der Waals surface area contributed by atoms with E-state index in [1.807, 2.05) is 0 Å². The Hall–Kier alpha value is -0.570. The van der Waals surface area contributed by atoms with E-state index in [0.29, 0.717) is 6.47 Å². The first kappa shape index (κ1) is 8.83.